The Balaban J connectivity index is 1.27. The van der Waals surface area contributed by atoms with Crippen molar-refractivity contribution in [3.63, 3.8) is 0 Å². The number of hydrogen-bond acceptors (Lipinski definition) is 6. The molecule has 2 fully saturated rings. The van der Waals surface area contributed by atoms with E-state index in [-0.39, 0.29) is 0 Å². The summed E-state index contributed by atoms with van der Waals surface area (Å²) < 4.78 is 0. The van der Waals surface area contributed by atoms with Gasteiger partial charge in [-0.3, -0.25) is 0 Å². The third kappa shape index (κ3) is 3.72. The van der Waals surface area contributed by atoms with Crippen LogP contribution in [0.4, 0.5) is 11.5 Å². The fourth-order valence-electron chi connectivity index (χ4n) is 5.49. The summed E-state index contributed by atoms with van der Waals surface area (Å²) in [7, 11) is 0. The predicted molar refractivity (Wildman–Crippen MR) is 135 cm³/mol. The molecule has 4 heterocycles. The molecule has 2 saturated heterocycles. The standard InChI is InChI=1S/C27H32N6/c1-18-6-4-7-21-8-5-9-25(26(18)21)33-11-10-22-24(17-33)29-20(3)30-27(22)32-14-12-31(13-15-32)19(2)23-16-28-23/h4-9,23,28H,2,10-17H2,1,3H3. The normalized spacial score (nSPS) is 20.2. The van der Waals surface area contributed by atoms with Crippen molar-refractivity contribution in [3.05, 3.63) is 71.3 Å². The Bertz CT molecular complexity index is 1220. The minimum atomic E-state index is 0.495. The Hall–Kier alpha value is -3.12. The highest BCUT2D eigenvalue weighted by Gasteiger charge is 2.31. The minimum Gasteiger partial charge on any atom is -0.370 e. The van der Waals surface area contributed by atoms with Crippen molar-refractivity contribution in [1.82, 2.24) is 20.2 Å². The molecule has 0 radical (unpaired) electrons. The lowest BCUT2D eigenvalue weighted by Crippen LogP contribution is -2.47. The number of anilines is 2. The van der Waals surface area contributed by atoms with E-state index in [0.717, 1.165) is 63.9 Å². The van der Waals surface area contributed by atoms with Crippen LogP contribution in [-0.4, -0.2) is 60.2 Å². The van der Waals surface area contributed by atoms with Gasteiger partial charge < -0.3 is 20.0 Å². The average Bonchev–Trinajstić information content (AvgIpc) is 3.68. The zero-order valence-corrected chi connectivity index (χ0v) is 19.6. The van der Waals surface area contributed by atoms with E-state index in [1.54, 1.807) is 0 Å². The minimum absolute atomic E-state index is 0.495. The average molecular weight is 441 g/mol. The van der Waals surface area contributed by atoms with Crippen molar-refractivity contribution in [1.29, 1.82) is 0 Å². The molecule has 0 bridgehead atoms. The molecule has 1 aromatic heterocycles. The zero-order valence-electron chi connectivity index (χ0n) is 19.6. The second-order valence-corrected chi connectivity index (χ2v) is 9.57. The summed E-state index contributed by atoms with van der Waals surface area (Å²) >= 11 is 0. The number of fused-ring (bicyclic) bond motifs is 2. The van der Waals surface area contributed by atoms with Gasteiger partial charge in [0, 0.05) is 61.6 Å². The molecule has 0 spiro atoms. The number of nitrogens with one attached hydrogen (secondary N) is 1. The molecule has 0 aliphatic carbocycles. The molecule has 6 heteroatoms. The summed E-state index contributed by atoms with van der Waals surface area (Å²) in [5, 5.41) is 6.04. The number of nitrogens with zero attached hydrogens (tertiary/aromatic N) is 5. The maximum Gasteiger partial charge on any atom is 0.136 e. The number of hydrogen-bond donors (Lipinski definition) is 1. The molecule has 3 aliphatic rings. The number of aromatic nitrogens is 2. The first-order valence-electron chi connectivity index (χ1n) is 12.1. The van der Waals surface area contributed by atoms with Gasteiger partial charge in [0.15, 0.2) is 0 Å². The Morgan fingerprint density at radius 1 is 0.970 bits per heavy atom. The Labute approximate surface area is 195 Å². The fraction of sp³-hybridized carbons (Fsp3) is 0.407. The molecule has 1 atom stereocenters. The van der Waals surface area contributed by atoms with Crippen LogP contribution in [-0.2, 0) is 13.0 Å². The van der Waals surface area contributed by atoms with Gasteiger partial charge in [-0.25, -0.2) is 9.97 Å². The van der Waals surface area contributed by atoms with Crippen LogP contribution in [0.2, 0.25) is 0 Å². The van der Waals surface area contributed by atoms with Gasteiger partial charge in [-0.1, -0.05) is 36.9 Å². The van der Waals surface area contributed by atoms with Crippen molar-refractivity contribution in [3.8, 4) is 0 Å². The summed E-state index contributed by atoms with van der Waals surface area (Å²) in [4.78, 5) is 17.2. The number of aryl methyl sites for hydroxylation is 2. The molecule has 33 heavy (non-hydrogen) atoms. The van der Waals surface area contributed by atoms with Crippen LogP contribution < -0.4 is 15.1 Å². The van der Waals surface area contributed by atoms with Gasteiger partial charge in [0.1, 0.15) is 11.6 Å². The topological polar surface area (TPSA) is 57.4 Å². The van der Waals surface area contributed by atoms with E-state index in [0.29, 0.717) is 6.04 Å². The van der Waals surface area contributed by atoms with Gasteiger partial charge in [-0.15, -0.1) is 0 Å². The largest absolute Gasteiger partial charge is 0.370 e. The van der Waals surface area contributed by atoms with Crippen molar-refractivity contribution >= 4 is 22.3 Å². The Morgan fingerprint density at radius 3 is 2.48 bits per heavy atom. The van der Waals surface area contributed by atoms with Crippen LogP contribution in [0.1, 0.15) is 22.6 Å². The molecule has 1 unspecified atom stereocenters. The van der Waals surface area contributed by atoms with Gasteiger partial charge in [0.25, 0.3) is 0 Å². The van der Waals surface area contributed by atoms with E-state index in [2.05, 4.69) is 69.9 Å². The highest BCUT2D eigenvalue weighted by atomic mass is 15.3. The van der Waals surface area contributed by atoms with Gasteiger partial charge in [0.05, 0.1) is 18.3 Å². The van der Waals surface area contributed by atoms with Crippen molar-refractivity contribution in [2.45, 2.75) is 32.9 Å². The monoisotopic (exact) mass is 440 g/mol. The van der Waals surface area contributed by atoms with Crippen LogP contribution in [0, 0.1) is 13.8 Å². The van der Waals surface area contributed by atoms with E-state index in [1.807, 2.05) is 6.92 Å². The van der Waals surface area contributed by atoms with Gasteiger partial charge >= 0.3 is 0 Å². The van der Waals surface area contributed by atoms with Crippen LogP contribution in [0.5, 0.6) is 0 Å². The summed E-state index contributed by atoms with van der Waals surface area (Å²) in [5.74, 6) is 2.02. The first kappa shape index (κ1) is 20.5. The van der Waals surface area contributed by atoms with E-state index in [4.69, 9.17) is 9.97 Å². The van der Waals surface area contributed by atoms with Gasteiger partial charge in [-0.2, -0.15) is 0 Å². The van der Waals surface area contributed by atoms with Crippen LogP contribution >= 0.6 is 0 Å². The molecule has 2 aromatic carbocycles. The third-order valence-electron chi connectivity index (χ3n) is 7.38. The molecular formula is C27H32N6. The smallest absolute Gasteiger partial charge is 0.136 e. The van der Waals surface area contributed by atoms with E-state index < -0.39 is 0 Å². The molecule has 1 N–H and O–H groups in total. The lowest BCUT2D eigenvalue weighted by atomic mass is 9.99. The highest BCUT2D eigenvalue weighted by molar-refractivity contribution is 5.97. The quantitative estimate of drug-likeness (QED) is 0.628. The second-order valence-electron chi connectivity index (χ2n) is 9.57. The molecule has 6 nitrogen and oxygen atoms in total. The number of piperazine rings is 1. The fourth-order valence-corrected chi connectivity index (χ4v) is 5.49. The zero-order chi connectivity index (χ0) is 22.5. The molecule has 3 aromatic rings. The molecule has 0 saturated carbocycles. The predicted octanol–water partition coefficient (Wildman–Crippen LogP) is 3.42. The second kappa shape index (κ2) is 8.03. The molecule has 170 valence electrons. The van der Waals surface area contributed by atoms with Crippen molar-refractivity contribution < 1.29 is 0 Å². The van der Waals surface area contributed by atoms with Gasteiger partial charge in [0.2, 0.25) is 0 Å². The summed E-state index contributed by atoms with van der Waals surface area (Å²) in [5.41, 5.74) is 6.41. The lowest BCUT2D eigenvalue weighted by Gasteiger charge is -2.39. The maximum absolute atomic E-state index is 4.93. The first-order valence-corrected chi connectivity index (χ1v) is 12.1. The third-order valence-corrected chi connectivity index (χ3v) is 7.38. The van der Waals surface area contributed by atoms with Crippen molar-refractivity contribution in [2.75, 3.05) is 49.1 Å². The summed E-state index contributed by atoms with van der Waals surface area (Å²) in [6.07, 6.45) is 0.978. The molecule has 6 rings (SSSR count). The van der Waals surface area contributed by atoms with E-state index >= 15 is 0 Å². The SMILES string of the molecule is C=C(C1CN1)N1CCN(c2nc(C)nc3c2CCN(c2cccc4cccc(C)c24)C3)CC1. The Morgan fingerprint density at radius 2 is 1.73 bits per heavy atom. The van der Waals surface area contributed by atoms with Crippen LogP contribution in [0.3, 0.4) is 0 Å². The molecular weight excluding hydrogens is 408 g/mol. The number of benzene rings is 2. The number of rotatable bonds is 4. The molecule has 0 amide bonds. The van der Waals surface area contributed by atoms with E-state index in [9.17, 15) is 0 Å². The van der Waals surface area contributed by atoms with Crippen molar-refractivity contribution in [2.24, 2.45) is 0 Å². The molecule has 3 aliphatic heterocycles. The highest BCUT2D eigenvalue weighted by Crippen LogP contribution is 2.35. The summed E-state index contributed by atoms with van der Waals surface area (Å²) in [6.45, 7) is 15.4. The van der Waals surface area contributed by atoms with Crippen LogP contribution in [0.15, 0.2) is 48.7 Å². The van der Waals surface area contributed by atoms with Crippen LogP contribution in [0.25, 0.3) is 10.8 Å². The summed E-state index contributed by atoms with van der Waals surface area (Å²) in [6, 6.07) is 13.7. The maximum atomic E-state index is 4.93. The van der Waals surface area contributed by atoms with Gasteiger partial charge in [-0.05, 0) is 37.3 Å². The Kier molecular flexibility index (Phi) is 4.98. The van der Waals surface area contributed by atoms with E-state index in [1.165, 1.54) is 39.0 Å². The lowest BCUT2D eigenvalue weighted by molar-refractivity contribution is 0.314. The first-order chi connectivity index (χ1) is 16.1.